The minimum absolute atomic E-state index is 0.0282. The molecule has 25 heavy (non-hydrogen) atoms. The van der Waals surface area contributed by atoms with Crippen LogP contribution in [0.4, 0.5) is 0 Å². The van der Waals surface area contributed by atoms with E-state index in [0.29, 0.717) is 17.2 Å². The Morgan fingerprint density at radius 3 is 2.84 bits per heavy atom. The van der Waals surface area contributed by atoms with Crippen molar-refractivity contribution in [2.75, 3.05) is 6.61 Å². The molecule has 0 atom stereocenters. The van der Waals surface area contributed by atoms with Crippen LogP contribution in [0.1, 0.15) is 26.0 Å². The molecule has 3 rings (SSSR count). The van der Waals surface area contributed by atoms with Gasteiger partial charge in [0.05, 0.1) is 11.4 Å². The normalized spacial score (nSPS) is 10.4. The minimum Gasteiger partial charge on any atom is -0.452 e. The summed E-state index contributed by atoms with van der Waals surface area (Å²) in [5.74, 6) is -1.54. The van der Waals surface area contributed by atoms with E-state index in [1.807, 2.05) is 0 Å². The highest BCUT2D eigenvalue weighted by Crippen LogP contribution is 2.11. The Morgan fingerprint density at radius 2 is 2.12 bits per heavy atom. The van der Waals surface area contributed by atoms with Crippen molar-refractivity contribution < 1.29 is 23.5 Å². The van der Waals surface area contributed by atoms with Gasteiger partial charge in [0.1, 0.15) is 5.76 Å². The van der Waals surface area contributed by atoms with Crippen molar-refractivity contribution in [1.29, 1.82) is 0 Å². The predicted octanol–water partition coefficient (Wildman–Crippen LogP) is 1.70. The van der Waals surface area contributed by atoms with Gasteiger partial charge in [-0.1, -0.05) is 6.07 Å². The van der Waals surface area contributed by atoms with Gasteiger partial charge in [-0.25, -0.2) is 4.79 Å². The molecule has 2 amide bonds. The number of nitrogens with zero attached hydrogens (tertiary/aromatic N) is 2. The zero-order valence-corrected chi connectivity index (χ0v) is 13.7. The molecule has 8 nitrogen and oxygen atoms in total. The van der Waals surface area contributed by atoms with Gasteiger partial charge in [0, 0.05) is 12.4 Å². The molecule has 0 saturated heterocycles. The smallest absolute Gasteiger partial charge is 0.374 e. The summed E-state index contributed by atoms with van der Waals surface area (Å²) in [6.07, 6.45) is 3.39. The minimum atomic E-state index is -0.787. The molecule has 9 heteroatoms. The number of carbonyl (C=O) groups is 3. The molecular weight excluding hydrogens is 346 g/mol. The number of hydrogen-bond acceptors (Lipinski definition) is 7. The van der Waals surface area contributed by atoms with Crippen LogP contribution < -0.4 is 5.32 Å². The summed E-state index contributed by atoms with van der Waals surface area (Å²) in [7, 11) is 0. The van der Waals surface area contributed by atoms with E-state index in [0.717, 1.165) is 0 Å². The molecule has 0 fully saturated rings. The fourth-order valence-corrected chi connectivity index (χ4v) is 2.58. The van der Waals surface area contributed by atoms with Crippen LogP contribution in [-0.4, -0.2) is 34.2 Å². The molecule has 0 saturated carbocycles. The second-order valence-corrected chi connectivity index (χ2v) is 5.85. The molecule has 3 aromatic rings. The van der Waals surface area contributed by atoms with Gasteiger partial charge in [0.2, 0.25) is 5.76 Å². The Kier molecular flexibility index (Phi) is 5.05. The molecule has 3 heterocycles. The fraction of sp³-hybridized carbons (Fsp3) is 0.125. The SMILES string of the molecule is O=C(COC(=O)c1ccc(Cn2cccn2)o1)NC(=O)c1cccs1. The van der Waals surface area contributed by atoms with Gasteiger partial charge in [-0.15, -0.1) is 11.3 Å². The number of amides is 2. The number of imide groups is 1. The van der Waals surface area contributed by atoms with E-state index in [1.54, 1.807) is 46.7 Å². The zero-order valence-electron chi connectivity index (χ0n) is 12.9. The van der Waals surface area contributed by atoms with E-state index in [4.69, 9.17) is 9.15 Å². The van der Waals surface area contributed by atoms with Crippen LogP contribution in [0, 0.1) is 0 Å². The summed E-state index contributed by atoms with van der Waals surface area (Å²) in [6, 6.07) is 8.13. The summed E-state index contributed by atoms with van der Waals surface area (Å²) in [5, 5.41) is 7.89. The lowest BCUT2D eigenvalue weighted by atomic mass is 10.4. The molecule has 0 aliphatic heterocycles. The highest BCUT2D eigenvalue weighted by molar-refractivity contribution is 7.12. The van der Waals surface area contributed by atoms with Crippen molar-refractivity contribution in [1.82, 2.24) is 15.1 Å². The van der Waals surface area contributed by atoms with Crippen molar-refractivity contribution in [2.24, 2.45) is 0 Å². The molecule has 1 N–H and O–H groups in total. The third kappa shape index (κ3) is 4.42. The molecule has 128 valence electrons. The van der Waals surface area contributed by atoms with Crippen molar-refractivity contribution in [3.63, 3.8) is 0 Å². The van der Waals surface area contributed by atoms with Crippen molar-refractivity contribution in [2.45, 2.75) is 6.54 Å². The largest absolute Gasteiger partial charge is 0.452 e. The summed E-state index contributed by atoms with van der Waals surface area (Å²) < 4.78 is 11.8. The number of thiophene rings is 1. The standard InChI is InChI=1S/C16H13N3O5S/c20-14(18-15(21)13-3-1-8-25-13)10-23-16(22)12-5-4-11(24-12)9-19-7-2-6-17-19/h1-8H,9-10H2,(H,18,20,21). The molecule has 0 aliphatic rings. The number of hydrogen-bond donors (Lipinski definition) is 1. The Balaban J connectivity index is 1.48. The van der Waals surface area contributed by atoms with Crippen LogP contribution >= 0.6 is 11.3 Å². The molecule has 0 bridgehead atoms. The van der Waals surface area contributed by atoms with E-state index in [-0.39, 0.29) is 5.76 Å². The van der Waals surface area contributed by atoms with E-state index < -0.39 is 24.4 Å². The van der Waals surface area contributed by atoms with E-state index >= 15 is 0 Å². The second-order valence-electron chi connectivity index (χ2n) is 4.90. The van der Waals surface area contributed by atoms with Crippen LogP contribution in [-0.2, 0) is 16.1 Å². The Morgan fingerprint density at radius 1 is 1.24 bits per heavy atom. The molecule has 0 spiro atoms. The fourth-order valence-electron chi connectivity index (χ4n) is 1.96. The summed E-state index contributed by atoms with van der Waals surface area (Å²) in [4.78, 5) is 35.6. The predicted molar refractivity (Wildman–Crippen MR) is 87.1 cm³/mol. The van der Waals surface area contributed by atoms with Crippen LogP contribution in [0.15, 0.2) is 52.5 Å². The molecule has 0 aliphatic carbocycles. The second kappa shape index (κ2) is 7.58. The number of furan rings is 1. The first kappa shape index (κ1) is 16.7. The van der Waals surface area contributed by atoms with E-state index in [9.17, 15) is 14.4 Å². The first-order valence-corrected chi connectivity index (χ1v) is 8.11. The van der Waals surface area contributed by atoms with Gasteiger partial charge in [-0.3, -0.25) is 19.6 Å². The highest BCUT2D eigenvalue weighted by atomic mass is 32.1. The third-order valence-electron chi connectivity index (χ3n) is 3.07. The first-order valence-electron chi connectivity index (χ1n) is 7.23. The van der Waals surface area contributed by atoms with Crippen LogP contribution in [0.25, 0.3) is 0 Å². The third-order valence-corrected chi connectivity index (χ3v) is 3.94. The van der Waals surface area contributed by atoms with Crippen LogP contribution in [0.5, 0.6) is 0 Å². The number of esters is 1. The molecule has 3 aromatic heterocycles. The summed E-state index contributed by atoms with van der Waals surface area (Å²) in [5.41, 5.74) is 0. The lowest BCUT2D eigenvalue weighted by Crippen LogP contribution is -2.33. The molecular formula is C16H13N3O5S. The van der Waals surface area contributed by atoms with Gasteiger partial charge in [0.15, 0.2) is 6.61 Å². The number of rotatable bonds is 6. The van der Waals surface area contributed by atoms with Crippen LogP contribution in [0.3, 0.4) is 0 Å². The van der Waals surface area contributed by atoms with Gasteiger partial charge in [-0.05, 0) is 29.6 Å². The number of nitrogens with one attached hydrogen (secondary N) is 1. The van der Waals surface area contributed by atoms with Crippen LogP contribution in [0.2, 0.25) is 0 Å². The van der Waals surface area contributed by atoms with Gasteiger partial charge in [0.25, 0.3) is 11.8 Å². The first-order chi connectivity index (χ1) is 12.1. The quantitative estimate of drug-likeness (QED) is 0.672. The number of ether oxygens (including phenoxy) is 1. The Hall–Kier alpha value is -3.20. The van der Waals surface area contributed by atoms with Crippen molar-refractivity contribution in [3.8, 4) is 0 Å². The zero-order chi connectivity index (χ0) is 17.6. The van der Waals surface area contributed by atoms with Gasteiger partial charge < -0.3 is 9.15 Å². The topological polar surface area (TPSA) is 103 Å². The maximum atomic E-state index is 11.9. The van der Waals surface area contributed by atoms with Crippen molar-refractivity contribution >= 4 is 29.1 Å². The highest BCUT2D eigenvalue weighted by Gasteiger charge is 2.17. The Bertz CT molecular complexity index is 868. The lowest BCUT2D eigenvalue weighted by molar-refractivity contribution is -0.123. The Labute approximate surface area is 146 Å². The molecule has 0 unspecified atom stereocenters. The number of carbonyl (C=O) groups excluding carboxylic acids is 3. The maximum absolute atomic E-state index is 11.9. The lowest BCUT2D eigenvalue weighted by Gasteiger charge is -2.03. The summed E-state index contributed by atoms with van der Waals surface area (Å²) in [6.45, 7) is -0.207. The monoisotopic (exact) mass is 359 g/mol. The molecule has 0 aromatic carbocycles. The van der Waals surface area contributed by atoms with Gasteiger partial charge >= 0.3 is 5.97 Å². The van der Waals surface area contributed by atoms with E-state index in [2.05, 4.69) is 10.4 Å². The van der Waals surface area contributed by atoms with Gasteiger partial charge in [-0.2, -0.15) is 5.10 Å². The maximum Gasteiger partial charge on any atom is 0.374 e. The summed E-state index contributed by atoms with van der Waals surface area (Å²) >= 11 is 1.20. The van der Waals surface area contributed by atoms with Crippen molar-refractivity contribution in [3.05, 3.63) is 64.5 Å². The number of aromatic nitrogens is 2. The molecule has 0 radical (unpaired) electrons. The van der Waals surface area contributed by atoms with E-state index in [1.165, 1.54) is 17.4 Å². The average molecular weight is 359 g/mol. The average Bonchev–Trinajstić information content (AvgIpc) is 3.34.